The largest absolute Gasteiger partial charge is 0.102 e. The minimum atomic E-state index is -0.877. The van der Waals surface area contributed by atoms with E-state index >= 15 is 0 Å². The Morgan fingerprint density at radius 3 is 1.07 bits per heavy atom. The molecular formula is C23H22Cl2NOPPd+2. The maximum atomic E-state index is 8.55. The summed E-state index contributed by atoms with van der Waals surface area (Å²) in [5.74, 6) is 0. The third kappa shape index (κ3) is 8.67. The molecule has 0 aliphatic heterocycles. The van der Waals surface area contributed by atoms with Crippen LogP contribution in [-0.4, -0.2) is 5.21 Å². The van der Waals surface area contributed by atoms with Crippen LogP contribution in [0.1, 0.15) is 0 Å². The van der Waals surface area contributed by atoms with Gasteiger partial charge in [-0.1, -0.05) is 60.7 Å². The molecular weight excluding hydrogens is 515 g/mol. The molecule has 0 spiro atoms. The molecule has 4 aromatic rings. The van der Waals surface area contributed by atoms with Crippen LogP contribution in [0.2, 0.25) is 0 Å². The zero-order chi connectivity index (χ0) is 20.7. The Bertz CT molecular complexity index is 822. The third-order valence-corrected chi connectivity index (χ3v) is 6.62. The average Bonchev–Trinajstić information content (AvgIpc) is 2.78. The number of benzene rings is 3. The SMILES string of the molecule is O[n+]1ccccc1.[Cl][Pd][Cl].c1ccc([PH+](c2ccccc2)c2ccccc2)cc1. The molecule has 0 amide bonds. The number of pyridine rings is 1. The summed E-state index contributed by atoms with van der Waals surface area (Å²) < 4.78 is 1.00. The van der Waals surface area contributed by atoms with Gasteiger partial charge in [0.15, 0.2) is 0 Å². The first kappa shape index (κ1) is 23.6. The van der Waals surface area contributed by atoms with Gasteiger partial charge in [-0.3, -0.25) is 5.21 Å². The molecule has 6 heteroatoms. The molecule has 0 fully saturated rings. The smallest absolute Gasteiger partial charge is 0.0620 e. The van der Waals surface area contributed by atoms with Crippen molar-refractivity contribution in [3.8, 4) is 0 Å². The van der Waals surface area contributed by atoms with Crippen molar-refractivity contribution in [3.63, 3.8) is 0 Å². The Hall–Kier alpha value is -1.72. The van der Waals surface area contributed by atoms with Crippen molar-refractivity contribution in [2.45, 2.75) is 0 Å². The van der Waals surface area contributed by atoms with Gasteiger partial charge in [0.25, 0.3) is 0 Å². The van der Waals surface area contributed by atoms with E-state index in [9.17, 15) is 0 Å². The van der Waals surface area contributed by atoms with Gasteiger partial charge in [0.05, 0.1) is 7.92 Å². The molecule has 2 nitrogen and oxygen atoms in total. The average molecular weight is 537 g/mol. The van der Waals surface area contributed by atoms with E-state index in [0.29, 0.717) is 0 Å². The van der Waals surface area contributed by atoms with Gasteiger partial charge in [-0.05, 0) is 36.4 Å². The topological polar surface area (TPSA) is 24.1 Å². The predicted octanol–water partition coefficient (Wildman–Crippen LogP) is 4.77. The minimum Gasteiger partial charge on any atom is -0.0620 e. The summed E-state index contributed by atoms with van der Waals surface area (Å²) in [6, 6.07) is 37.8. The number of hydrogen-bond donors (Lipinski definition) is 1. The first-order valence-electron chi connectivity index (χ1n) is 8.77. The number of rotatable bonds is 3. The van der Waals surface area contributed by atoms with Crippen molar-refractivity contribution in [1.82, 2.24) is 0 Å². The van der Waals surface area contributed by atoms with E-state index in [-0.39, 0.29) is 15.9 Å². The maximum absolute atomic E-state index is 8.55. The Kier molecular flexibility index (Phi) is 11.6. The third-order valence-electron chi connectivity index (χ3n) is 3.89. The molecule has 0 aliphatic carbocycles. The Balaban J connectivity index is 0.000000250. The van der Waals surface area contributed by atoms with Crippen molar-refractivity contribution in [1.29, 1.82) is 0 Å². The van der Waals surface area contributed by atoms with E-state index in [4.69, 9.17) is 24.3 Å². The van der Waals surface area contributed by atoms with E-state index in [2.05, 4.69) is 91.0 Å². The second-order valence-electron chi connectivity index (χ2n) is 5.77. The summed E-state index contributed by atoms with van der Waals surface area (Å²) in [6.07, 6.45) is 3.11. The summed E-state index contributed by atoms with van der Waals surface area (Å²) in [7, 11) is 8.75. The summed E-state index contributed by atoms with van der Waals surface area (Å²) in [5, 5.41) is 12.9. The monoisotopic (exact) mass is 535 g/mol. The second kappa shape index (κ2) is 14.3. The van der Waals surface area contributed by atoms with Crippen molar-refractivity contribution in [3.05, 3.63) is 122 Å². The Morgan fingerprint density at radius 2 is 0.828 bits per heavy atom. The molecule has 1 heterocycles. The molecule has 0 saturated carbocycles. The molecule has 0 aliphatic rings. The number of hydrogen-bond acceptors (Lipinski definition) is 1. The molecule has 0 saturated heterocycles. The van der Waals surface area contributed by atoms with Gasteiger partial charge in [-0.25, -0.2) is 0 Å². The van der Waals surface area contributed by atoms with Crippen LogP contribution in [-0.2, 0) is 15.9 Å². The first-order valence-corrected chi connectivity index (χ1v) is 14.3. The quantitative estimate of drug-likeness (QED) is 0.174. The van der Waals surface area contributed by atoms with E-state index in [1.807, 2.05) is 6.07 Å². The molecule has 29 heavy (non-hydrogen) atoms. The molecule has 0 radical (unpaired) electrons. The van der Waals surface area contributed by atoms with Gasteiger partial charge in [-0.2, -0.15) is 0 Å². The van der Waals surface area contributed by atoms with Gasteiger partial charge >= 0.3 is 35.0 Å². The fourth-order valence-corrected chi connectivity index (χ4v) is 5.28. The van der Waals surface area contributed by atoms with E-state index in [0.717, 1.165) is 4.73 Å². The minimum absolute atomic E-state index is 0.106. The standard InChI is InChI=1S/C18H15P.C5H6NO.2ClH.Pd/c1-4-10-16(11-5-1)19(17-12-6-2-7-13-17)18-14-8-3-9-15-18;7-6-4-2-1-3-5-6;;;/h1-15H;1-5,7H;2*1H;/q;+1;;;+2/p-1. The van der Waals surface area contributed by atoms with Gasteiger partial charge in [-0.15, -0.1) is 0 Å². The number of nitrogens with zero attached hydrogens (tertiary/aromatic N) is 1. The zero-order valence-electron chi connectivity index (χ0n) is 15.5. The molecule has 1 N–H and O–H groups in total. The van der Waals surface area contributed by atoms with Crippen molar-refractivity contribution in [2.24, 2.45) is 0 Å². The van der Waals surface area contributed by atoms with Crippen LogP contribution in [0.3, 0.4) is 0 Å². The molecule has 4 rings (SSSR count). The van der Waals surface area contributed by atoms with Crippen LogP contribution in [0.15, 0.2) is 122 Å². The second-order valence-corrected chi connectivity index (χ2v) is 10.6. The number of aromatic nitrogens is 1. The Labute approximate surface area is 189 Å². The summed E-state index contributed by atoms with van der Waals surface area (Å²) >= 11 is -0.106. The molecule has 1 aromatic heterocycles. The van der Waals surface area contributed by atoms with Gasteiger partial charge in [0, 0.05) is 16.9 Å². The van der Waals surface area contributed by atoms with E-state index in [1.165, 1.54) is 15.9 Å². The van der Waals surface area contributed by atoms with Gasteiger partial charge in [0.1, 0.15) is 15.9 Å². The maximum Gasteiger partial charge on any atom is 0.102 e. The van der Waals surface area contributed by atoms with Gasteiger partial charge < -0.3 is 0 Å². The predicted molar refractivity (Wildman–Crippen MR) is 122 cm³/mol. The zero-order valence-corrected chi connectivity index (χ0v) is 19.6. The van der Waals surface area contributed by atoms with Crippen molar-refractivity contribution >= 4 is 42.9 Å². The van der Waals surface area contributed by atoms with E-state index in [1.54, 1.807) is 24.5 Å². The van der Waals surface area contributed by atoms with Crippen LogP contribution in [0.4, 0.5) is 0 Å². The molecule has 0 atom stereocenters. The molecule has 0 unspecified atom stereocenters. The van der Waals surface area contributed by atoms with Crippen LogP contribution in [0.5, 0.6) is 0 Å². The van der Waals surface area contributed by atoms with E-state index < -0.39 is 7.92 Å². The molecule has 3 aromatic carbocycles. The fourth-order valence-electron chi connectivity index (χ4n) is 2.70. The molecule has 0 bridgehead atoms. The van der Waals surface area contributed by atoms with Crippen molar-refractivity contribution < 1.29 is 25.9 Å². The van der Waals surface area contributed by atoms with Gasteiger partial charge in [0.2, 0.25) is 12.4 Å². The Morgan fingerprint density at radius 1 is 0.552 bits per heavy atom. The van der Waals surface area contributed by atoms with Crippen LogP contribution < -0.4 is 20.6 Å². The first-order chi connectivity index (χ1) is 14.3. The normalized spacial score (nSPS) is 9.76. The van der Waals surface area contributed by atoms with Crippen molar-refractivity contribution in [2.75, 3.05) is 0 Å². The summed E-state index contributed by atoms with van der Waals surface area (Å²) in [4.78, 5) is 0. The summed E-state index contributed by atoms with van der Waals surface area (Å²) in [5.41, 5.74) is 0. The number of halogens is 2. The molecule has 152 valence electrons. The summed E-state index contributed by atoms with van der Waals surface area (Å²) in [6.45, 7) is 0. The van der Waals surface area contributed by atoms with Crippen LogP contribution in [0, 0.1) is 0 Å². The van der Waals surface area contributed by atoms with Crippen LogP contribution in [0.25, 0.3) is 0 Å². The fraction of sp³-hybridized carbons (Fsp3) is 0. The van der Waals surface area contributed by atoms with Crippen LogP contribution >= 0.6 is 27.0 Å².